The number of quaternary nitrogens is 1. The number of carbonyl (C=O) groups is 2. The summed E-state index contributed by atoms with van der Waals surface area (Å²) in [4.78, 5) is 31.0. The molecule has 6 rings (SSSR count). The summed E-state index contributed by atoms with van der Waals surface area (Å²) >= 11 is 0. The van der Waals surface area contributed by atoms with Crippen LogP contribution >= 0.6 is 0 Å². The van der Waals surface area contributed by atoms with Crippen molar-refractivity contribution in [2.45, 2.75) is 24.9 Å². The second-order valence-electron chi connectivity index (χ2n) is 15.2. The first-order chi connectivity index (χ1) is 27.1. The normalized spacial score (nSPS) is 15.9. The molecule has 0 fully saturated rings. The molecule has 11 nitrogen and oxygen atoms in total. The Bertz CT molecular complexity index is 2000. The first kappa shape index (κ1) is 40.8. The number of hydrogen-bond acceptors (Lipinski definition) is 8. The van der Waals surface area contributed by atoms with Gasteiger partial charge in [-0.05, 0) is 59.7 Å². The van der Waals surface area contributed by atoms with Crippen LogP contribution in [0, 0.1) is 23.3 Å². The first-order valence-corrected chi connectivity index (χ1v) is 18.6. The monoisotopic (exact) mass is 786 g/mol. The molecule has 0 saturated heterocycles. The maximum Gasteiger partial charge on any atom is 0.253 e. The highest BCUT2D eigenvalue weighted by Gasteiger charge is 2.36. The van der Waals surface area contributed by atoms with E-state index in [2.05, 4.69) is 24.7 Å². The van der Waals surface area contributed by atoms with Crippen LogP contribution in [0.4, 0.5) is 40.3 Å². The average Bonchev–Trinajstić information content (AvgIpc) is 3.60. The summed E-state index contributed by atoms with van der Waals surface area (Å²) in [6.07, 6.45) is 1.27. The van der Waals surface area contributed by atoms with Gasteiger partial charge in [0.25, 0.3) is 11.8 Å². The summed E-state index contributed by atoms with van der Waals surface area (Å²) in [7, 11) is 4.13. The van der Waals surface area contributed by atoms with Crippen LogP contribution in [0.3, 0.4) is 0 Å². The fourth-order valence-corrected chi connectivity index (χ4v) is 7.34. The topological polar surface area (TPSA) is 169 Å². The van der Waals surface area contributed by atoms with Gasteiger partial charge in [0.15, 0.2) is 0 Å². The van der Waals surface area contributed by atoms with Gasteiger partial charge in [-0.25, -0.2) is 17.6 Å². The number of nitrogen functional groups attached to an aromatic ring is 2. The quantitative estimate of drug-likeness (QED) is 0.0500. The maximum atomic E-state index is 14.1. The van der Waals surface area contributed by atoms with E-state index >= 15 is 0 Å². The van der Waals surface area contributed by atoms with Gasteiger partial charge in [-0.3, -0.25) is 9.59 Å². The second-order valence-corrected chi connectivity index (χ2v) is 15.2. The van der Waals surface area contributed by atoms with Crippen LogP contribution in [-0.4, -0.2) is 79.5 Å². The smallest absolute Gasteiger partial charge is 0.253 e. The van der Waals surface area contributed by atoms with E-state index < -0.39 is 35.4 Å². The number of nitrogens with two attached hydrogens (primary N) is 4. The minimum atomic E-state index is -0.814. The lowest BCUT2D eigenvalue weighted by molar-refractivity contribution is -0.890. The lowest BCUT2D eigenvalue weighted by Gasteiger charge is -2.31. The zero-order valence-electron chi connectivity index (χ0n) is 31.9. The zero-order valence-corrected chi connectivity index (χ0v) is 31.9. The Hall–Kier alpha value is -5.90. The van der Waals surface area contributed by atoms with Crippen LogP contribution < -0.4 is 33.6 Å². The number of anilines is 4. The molecule has 0 radical (unpaired) electrons. The van der Waals surface area contributed by atoms with Crippen molar-refractivity contribution in [2.24, 2.45) is 11.5 Å². The van der Waals surface area contributed by atoms with Gasteiger partial charge in [-0.15, -0.1) is 0 Å². The van der Waals surface area contributed by atoms with Crippen molar-refractivity contribution in [2.75, 3.05) is 75.5 Å². The molecule has 4 aromatic rings. The number of hydrogen-bond donors (Lipinski definition) is 6. The number of rotatable bonds is 16. The molecule has 2 amide bonds. The molecule has 300 valence electrons. The van der Waals surface area contributed by atoms with Gasteiger partial charge in [0, 0.05) is 72.2 Å². The van der Waals surface area contributed by atoms with Crippen LogP contribution in [0.1, 0.15) is 36.1 Å². The molecule has 15 heteroatoms. The molecular weight excluding hydrogens is 739 g/mol. The Morgan fingerprint density at radius 3 is 1.26 bits per heavy atom. The molecule has 0 bridgehead atoms. The predicted molar refractivity (Wildman–Crippen MR) is 214 cm³/mol. The fourth-order valence-electron chi connectivity index (χ4n) is 7.34. The van der Waals surface area contributed by atoms with Gasteiger partial charge in [0.05, 0.1) is 63.5 Å². The van der Waals surface area contributed by atoms with Crippen molar-refractivity contribution < 1.29 is 31.6 Å². The van der Waals surface area contributed by atoms with E-state index in [1.54, 1.807) is 58.3 Å². The van der Waals surface area contributed by atoms with Crippen molar-refractivity contribution in [3.8, 4) is 0 Å². The van der Waals surface area contributed by atoms with Crippen molar-refractivity contribution in [3.63, 3.8) is 0 Å². The zero-order chi connectivity index (χ0) is 41.0. The van der Waals surface area contributed by atoms with E-state index in [4.69, 9.17) is 22.9 Å². The molecule has 0 aromatic heterocycles. The van der Waals surface area contributed by atoms with Gasteiger partial charge in [-0.1, -0.05) is 24.3 Å². The number of benzene rings is 4. The van der Waals surface area contributed by atoms with Crippen molar-refractivity contribution in [1.29, 1.82) is 0 Å². The molecule has 0 aliphatic carbocycles. The fraction of sp³-hybridized carbons (Fsp3) is 0.286. The standard InChI is InChI=1S/C42H47F4N9O2/c1-55(2,15-3-13-53-23-35(51-33-19-27(43)17-28(44)20-33)37(41(53)56)39(49)25-5-9-31(47)10-6-25)16-4-14-54-24-36(52-34-21-29(45)18-30(46)22-34)38(42(54)57)40(50)26-7-11-32(48)12-8-26/h5-12,17-22,39-40H,3-4,13-16,23-24,47-50H2,1-2H3,(H-,51,52,56,57)/p+1/t39-,40-/m1/s1. The molecule has 2 atom stereocenters. The molecular formula is C42H48F4N9O2+. The molecule has 2 aliphatic rings. The summed E-state index contributed by atoms with van der Waals surface area (Å²) in [5.74, 6) is -3.57. The van der Waals surface area contributed by atoms with E-state index in [-0.39, 0.29) is 36.3 Å². The maximum absolute atomic E-state index is 14.1. The van der Waals surface area contributed by atoms with E-state index in [1.165, 1.54) is 0 Å². The van der Waals surface area contributed by atoms with Gasteiger partial charge in [-0.2, -0.15) is 0 Å². The van der Waals surface area contributed by atoms with Crippen LogP contribution in [0.2, 0.25) is 0 Å². The van der Waals surface area contributed by atoms with Gasteiger partial charge >= 0.3 is 0 Å². The van der Waals surface area contributed by atoms with Crippen LogP contribution in [-0.2, 0) is 9.59 Å². The third-order valence-electron chi connectivity index (χ3n) is 10.3. The summed E-state index contributed by atoms with van der Waals surface area (Å²) < 4.78 is 56.9. The summed E-state index contributed by atoms with van der Waals surface area (Å²) in [6, 6.07) is 18.3. The number of nitrogens with one attached hydrogen (secondary N) is 2. The predicted octanol–water partition coefficient (Wildman–Crippen LogP) is 5.38. The minimum Gasteiger partial charge on any atom is -0.399 e. The lowest BCUT2D eigenvalue weighted by Crippen LogP contribution is -2.44. The Balaban J connectivity index is 1.07. The third-order valence-corrected chi connectivity index (χ3v) is 10.3. The highest BCUT2D eigenvalue weighted by molar-refractivity contribution is 6.00. The Morgan fingerprint density at radius 1 is 0.596 bits per heavy atom. The Kier molecular flexibility index (Phi) is 12.2. The minimum absolute atomic E-state index is 0.161. The third kappa shape index (κ3) is 9.92. The first-order valence-electron chi connectivity index (χ1n) is 18.6. The summed E-state index contributed by atoms with van der Waals surface area (Å²) in [6.45, 7) is 2.53. The number of halogens is 4. The molecule has 0 unspecified atom stereocenters. The highest BCUT2D eigenvalue weighted by Crippen LogP contribution is 2.33. The molecule has 57 heavy (non-hydrogen) atoms. The average molecular weight is 787 g/mol. The summed E-state index contributed by atoms with van der Waals surface area (Å²) in [5, 5.41) is 6.09. The van der Waals surface area contributed by atoms with Crippen LogP contribution in [0.5, 0.6) is 0 Å². The molecule has 10 N–H and O–H groups in total. The largest absolute Gasteiger partial charge is 0.399 e. The SMILES string of the molecule is C[N+](C)(CCCN1CC(Nc2cc(F)cc(F)c2)=C([C@H](N)c2ccc(N)cc2)C1=O)CCCN1CC(Nc2cc(F)cc(F)c2)=C([C@H](N)c2ccc(N)cc2)C1=O. The van der Waals surface area contributed by atoms with Crippen LogP contribution in [0.15, 0.2) is 107 Å². The van der Waals surface area contributed by atoms with E-state index in [1.807, 2.05) is 0 Å². The van der Waals surface area contributed by atoms with Crippen LogP contribution in [0.25, 0.3) is 0 Å². The Labute approximate surface area is 329 Å². The van der Waals surface area contributed by atoms with Gasteiger partial charge in [0.2, 0.25) is 0 Å². The van der Waals surface area contributed by atoms with Crippen molar-refractivity contribution in [1.82, 2.24) is 9.80 Å². The molecule has 2 aliphatic heterocycles. The highest BCUT2D eigenvalue weighted by atomic mass is 19.1. The number of carbonyl (C=O) groups excluding carboxylic acids is 2. The van der Waals surface area contributed by atoms with Gasteiger partial charge < -0.3 is 47.9 Å². The van der Waals surface area contributed by atoms with E-state index in [0.717, 1.165) is 36.4 Å². The lowest BCUT2D eigenvalue weighted by atomic mass is 9.98. The molecule has 2 heterocycles. The van der Waals surface area contributed by atoms with Crippen molar-refractivity contribution in [3.05, 3.63) is 142 Å². The number of amides is 2. The number of nitrogens with zero attached hydrogens (tertiary/aromatic N) is 3. The molecule has 0 spiro atoms. The second kappa shape index (κ2) is 17.1. The molecule has 4 aromatic carbocycles. The van der Waals surface area contributed by atoms with Gasteiger partial charge in [0.1, 0.15) is 23.3 Å². The van der Waals surface area contributed by atoms with E-state index in [9.17, 15) is 27.2 Å². The molecule has 0 saturated carbocycles. The van der Waals surface area contributed by atoms with E-state index in [0.29, 0.717) is 88.5 Å². The summed E-state index contributed by atoms with van der Waals surface area (Å²) in [5.41, 5.74) is 29.2. The van der Waals surface area contributed by atoms with Crippen molar-refractivity contribution >= 4 is 34.6 Å². The Morgan fingerprint density at radius 2 is 0.930 bits per heavy atom.